The van der Waals surface area contributed by atoms with E-state index in [2.05, 4.69) is 25.9 Å². The topological polar surface area (TPSA) is 95.1 Å². The van der Waals surface area contributed by atoms with Crippen molar-refractivity contribution >= 4 is 49.7 Å². The largest absolute Gasteiger partial charge is 0.345 e. The van der Waals surface area contributed by atoms with Gasteiger partial charge in [0.15, 0.2) is 5.82 Å². The smallest absolute Gasteiger partial charge is 0.259 e. The van der Waals surface area contributed by atoms with Crippen LogP contribution in [0.4, 0.5) is 14.5 Å². The maximum Gasteiger partial charge on any atom is 0.259 e. The van der Waals surface area contributed by atoms with Crippen LogP contribution >= 0.6 is 15.9 Å². The van der Waals surface area contributed by atoms with E-state index in [9.17, 15) is 17.8 Å². The number of carbonyl (C=O) groups is 1. The van der Waals surface area contributed by atoms with Crippen LogP contribution in [0.25, 0.3) is 11.0 Å². The minimum atomic E-state index is -2.56. The first-order valence-corrected chi connectivity index (χ1v) is 8.31. The van der Waals surface area contributed by atoms with Crippen molar-refractivity contribution in [2.45, 2.75) is 0 Å². The zero-order chi connectivity index (χ0) is 17.4. The van der Waals surface area contributed by atoms with Crippen molar-refractivity contribution < 1.29 is 22.3 Å². The average Bonchev–Trinajstić information content (AvgIpc) is 2.92. The molecular formula is C14H8BrF2N3O3S. The number of hydrogen-bond acceptors (Lipinski definition) is 3. The summed E-state index contributed by atoms with van der Waals surface area (Å²) >= 11 is 0.654. The Bertz CT molecular complexity index is 993. The molecule has 124 valence electrons. The summed E-state index contributed by atoms with van der Waals surface area (Å²) in [5, 5.41) is 0.386. The molecule has 0 fully saturated rings. The fourth-order valence-electron chi connectivity index (χ4n) is 2.23. The van der Waals surface area contributed by atoms with Gasteiger partial charge in [0, 0.05) is 27.8 Å². The van der Waals surface area contributed by atoms with Gasteiger partial charge in [-0.2, -0.15) is 0 Å². The van der Waals surface area contributed by atoms with E-state index in [4.69, 9.17) is 4.55 Å². The van der Waals surface area contributed by atoms with Gasteiger partial charge in [0.2, 0.25) is 5.78 Å². The maximum atomic E-state index is 14.4. The monoisotopic (exact) mass is 415 g/mol. The number of ketones is 1. The second-order valence-corrected chi connectivity index (χ2v) is 6.33. The molecule has 0 spiro atoms. The van der Waals surface area contributed by atoms with Crippen LogP contribution in [0.2, 0.25) is 0 Å². The van der Waals surface area contributed by atoms with Gasteiger partial charge < -0.3 is 4.98 Å². The van der Waals surface area contributed by atoms with Gasteiger partial charge in [-0.05, 0) is 34.1 Å². The van der Waals surface area contributed by atoms with Gasteiger partial charge in [-0.1, -0.05) is 0 Å². The quantitative estimate of drug-likeness (QED) is 0.449. The van der Waals surface area contributed by atoms with Crippen LogP contribution in [0, 0.1) is 11.6 Å². The molecule has 6 nitrogen and oxygen atoms in total. The number of H-pyrrole nitrogens is 1. The van der Waals surface area contributed by atoms with Crippen LogP contribution in [-0.4, -0.2) is 24.5 Å². The molecule has 3 aromatic rings. The summed E-state index contributed by atoms with van der Waals surface area (Å²) in [6.45, 7) is 0. The highest BCUT2D eigenvalue weighted by Gasteiger charge is 2.24. The van der Waals surface area contributed by atoms with Gasteiger partial charge in [0.05, 0.1) is 11.3 Å². The highest BCUT2D eigenvalue weighted by Crippen LogP contribution is 2.27. The molecule has 2 aromatic heterocycles. The number of anilines is 1. The van der Waals surface area contributed by atoms with Gasteiger partial charge in [-0.15, -0.1) is 0 Å². The molecule has 3 rings (SSSR count). The van der Waals surface area contributed by atoms with Crippen molar-refractivity contribution in [1.29, 1.82) is 0 Å². The number of pyridine rings is 1. The Balaban J connectivity index is 2.15. The minimum Gasteiger partial charge on any atom is -0.345 e. The summed E-state index contributed by atoms with van der Waals surface area (Å²) in [7, 11) is 0. The number of fused-ring (bicyclic) bond motifs is 1. The predicted octanol–water partition coefficient (Wildman–Crippen LogP) is 3.38. The first-order valence-electron chi connectivity index (χ1n) is 6.41. The van der Waals surface area contributed by atoms with Gasteiger partial charge in [0.25, 0.3) is 11.3 Å². The third-order valence-electron chi connectivity index (χ3n) is 3.26. The standard InChI is InChI=1S/C14H8BrF2N3O3S/c15-6-3-7-8(5-19-14(7)18-4-6)13(21)11-9(16)1-2-10(12(11)17)20-24(22)23/h1-5,20H,(H,18,19)(H,22,23). The second kappa shape index (κ2) is 6.38. The van der Waals surface area contributed by atoms with Crippen LogP contribution in [-0.2, 0) is 11.3 Å². The molecule has 0 aliphatic carbocycles. The zero-order valence-electron chi connectivity index (χ0n) is 11.6. The van der Waals surface area contributed by atoms with Crippen molar-refractivity contribution in [3.05, 3.63) is 57.8 Å². The molecule has 10 heteroatoms. The summed E-state index contributed by atoms with van der Waals surface area (Å²) in [6.07, 6.45) is 2.81. The molecule has 0 radical (unpaired) electrons. The zero-order valence-corrected chi connectivity index (χ0v) is 14.0. The Morgan fingerprint density at radius 1 is 1.38 bits per heavy atom. The van der Waals surface area contributed by atoms with Crippen molar-refractivity contribution in [2.24, 2.45) is 0 Å². The number of benzene rings is 1. The summed E-state index contributed by atoms with van der Waals surface area (Å²) in [5.41, 5.74) is -0.877. The normalized spacial score (nSPS) is 12.3. The number of nitrogens with one attached hydrogen (secondary N) is 2. The number of rotatable bonds is 4. The third kappa shape index (κ3) is 2.95. The number of aromatic nitrogens is 2. The van der Waals surface area contributed by atoms with Gasteiger partial charge in [-0.25, -0.2) is 18.0 Å². The SMILES string of the molecule is O=C(c1c(F)ccc(NS(=O)O)c1F)c1c[nH]c2ncc(Br)cc12. The van der Waals surface area contributed by atoms with Crippen LogP contribution in [0.1, 0.15) is 15.9 Å². The number of carbonyl (C=O) groups excluding carboxylic acids is 1. The van der Waals surface area contributed by atoms with E-state index < -0.39 is 39.9 Å². The lowest BCUT2D eigenvalue weighted by Crippen LogP contribution is -2.11. The summed E-state index contributed by atoms with van der Waals surface area (Å²) in [4.78, 5) is 19.4. The Kier molecular flexibility index (Phi) is 4.43. The molecule has 3 N–H and O–H groups in total. The van der Waals surface area contributed by atoms with Gasteiger partial charge in [-0.3, -0.25) is 14.1 Å². The number of aromatic amines is 1. The Morgan fingerprint density at radius 2 is 2.12 bits per heavy atom. The van der Waals surface area contributed by atoms with E-state index in [-0.39, 0.29) is 5.56 Å². The molecule has 0 amide bonds. The van der Waals surface area contributed by atoms with E-state index in [1.165, 1.54) is 12.4 Å². The molecular weight excluding hydrogens is 408 g/mol. The van der Waals surface area contributed by atoms with Crippen LogP contribution in [0.3, 0.4) is 0 Å². The van der Waals surface area contributed by atoms with Crippen molar-refractivity contribution in [1.82, 2.24) is 9.97 Å². The Morgan fingerprint density at radius 3 is 2.83 bits per heavy atom. The molecule has 24 heavy (non-hydrogen) atoms. The molecule has 0 bridgehead atoms. The molecule has 2 heterocycles. The number of hydrogen-bond donors (Lipinski definition) is 3. The maximum absolute atomic E-state index is 14.4. The lowest BCUT2D eigenvalue weighted by molar-refractivity contribution is 0.103. The lowest BCUT2D eigenvalue weighted by Gasteiger charge is -2.08. The van der Waals surface area contributed by atoms with Crippen molar-refractivity contribution in [2.75, 3.05) is 4.72 Å². The predicted molar refractivity (Wildman–Crippen MR) is 88.0 cm³/mol. The summed E-state index contributed by atoms with van der Waals surface area (Å²) in [6, 6.07) is 3.37. The molecule has 0 aliphatic heterocycles. The molecule has 1 atom stereocenters. The van der Waals surface area contributed by atoms with Crippen molar-refractivity contribution in [3.63, 3.8) is 0 Å². The lowest BCUT2D eigenvalue weighted by atomic mass is 10.0. The van der Waals surface area contributed by atoms with Crippen LogP contribution < -0.4 is 4.72 Å². The molecule has 0 aliphatic rings. The van der Waals surface area contributed by atoms with Gasteiger partial charge in [0.1, 0.15) is 11.5 Å². The molecule has 1 aromatic carbocycles. The van der Waals surface area contributed by atoms with E-state index >= 15 is 0 Å². The fourth-order valence-corrected chi connectivity index (χ4v) is 2.91. The van der Waals surface area contributed by atoms with E-state index in [0.29, 0.717) is 15.5 Å². The molecule has 0 saturated carbocycles. The van der Waals surface area contributed by atoms with E-state index in [1.54, 1.807) is 6.07 Å². The number of nitrogens with zero attached hydrogens (tertiary/aromatic N) is 1. The van der Waals surface area contributed by atoms with E-state index in [0.717, 1.165) is 12.1 Å². The average molecular weight is 416 g/mol. The summed E-state index contributed by atoms with van der Waals surface area (Å²) < 4.78 is 50.5. The first-order chi connectivity index (χ1) is 11.4. The van der Waals surface area contributed by atoms with E-state index in [1.807, 2.05) is 4.72 Å². The summed E-state index contributed by atoms with van der Waals surface area (Å²) in [5.74, 6) is -3.24. The van der Waals surface area contributed by atoms with Crippen LogP contribution in [0.15, 0.2) is 35.1 Å². The third-order valence-corrected chi connectivity index (χ3v) is 4.09. The van der Waals surface area contributed by atoms with Crippen LogP contribution in [0.5, 0.6) is 0 Å². The minimum absolute atomic E-state index is 0.0267. The Hall–Kier alpha value is -2.17. The van der Waals surface area contributed by atoms with Gasteiger partial charge >= 0.3 is 0 Å². The Labute approximate surface area is 144 Å². The molecule has 1 unspecified atom stereocenters. The fraction of sp³-hybridized carbons (Fsp3) is 0. The highest BCUT2D eigenvalue weighted by molar-refractivity contribution is 9.10. The first kappa shape index (κ1) is 16.7. The highest BCUT2D eigenvalue weighted by atomic mass is 79.9. The second-order valence-electron chi connectivity index (χ2n) is 4.72. The number of halogens is 3. The molecule has 0 saturated heterocycles. The van der Waals surface area contributed by atoms with Crippen molar-refractivity contribution in [3.8, 4) is 0 Å².